The quantitative estimate of drug-likeness (QED) is 0.149. The van der Waals surface area contributed by atoms with E-state index in [0.717, 1.165) is 0 Å². The third-order valence-corrected chi connectivity index (χ3v) is 6.33. The Balaban J connectivity index is 1.67. The van der Waals surface area contributed by atoms with Crippen LogP contribution in [0.25, 0.3) is 11.2 Å². The normalized spacial score (nSPS) is 24.2. The van der Waals surface area contributed by atoms with Crippen molar-refractivity contribution in [3.05, 3.63) is 48.0 Å². The molecular weight excluding hydrogens is 502 g/mol. The van der Waals surface area contributed by atoms with Crippen LogP contribution in [0.3, 0.4) is 0 Å². The maximum atomic E-state index is 12.1. The van der Waals surface area contributed by atoms with Crippen molar-refractivity contribution in [2.75, 3.05) is 12.3 Å². The summed E-state index contributed by atoms with van der Waals surface area (Å²) in [6.07, 6.45) is 0.260. The summed E-state index contributed by atoms with van der Waals surface area (Å²) in [6.45, 7) is 0.599. The smallest absolute Gasteiger partial charge is 0.348 e. The SMILES string of the molecule is C#C[C@@]1(O)[C@@H](COC(Cc2ccccc2)(C(=O)O)C(=O)O)O[C@@H](n2cnc3c(N)nc(C(C)O)nc32)[C@@H]1O. The first-order valence-corrected chi connectivity index (χ1v) is 11.3. The van der Waals surface area contributed by atoms with Gasteiger partial charge in [0.15, 0.2) is 29.1 Å². The molecule has 1 saturated heterocycles. The fourth-order valence-corrected chi connectivity index (χ4v) is 4.16. The zero-order valence-electron chi connectivity index (χ0n) is 20.0. The Morgan fingerprint density at radius 3 is 2.53 bits per heavy atom. The highest BCUT2D eigenvalue weighted by atomic mass is 16.6. The maximum Gasteiger partial charge on any atom is 0.348 e. The lowest BCUT2D eigenvalue weighted by molar-refractivity contribution is -0.191. The molecule has 38 heavy (non-hydrogen) atoms. The second-order valence-electron chi connectivity index (χ2n) is 8.81. The summed E-state index contributed by atoms with van der Waals surface area (Å²) in [7, 11) is 0. The molecule has 200 valence electrons. The fraction of sp³-hybridized carbons (Fsp3) is 0.375. The van der Waals surface area contributed by atoms with E-state index in [1.54, 1.807) is 18.2 Å². The van der Waals surface area contributed by atoms with Gasteiger partial charge in [-0.05, 0) is 12.5 Å². The van der Waals surface area contributed by atoms with E-state index in [9.17, 15) is 35.1 Å². The van der Waals surface area contributed by atoms with Gasteiger partial charge in [0.05, 0.1) is 12.9 Å². The van der Waals surface area contributed by atoms with Crippen molar-refractivity contribution in [2.45, 2.75) is 49.1 Å². The van der Waals surface area contributed by atoms with E-state index in [-0.39, 0.29) is 22.8 Å². The average molecular weight is 527 g/mol. The number of nitrogens with two attached hydrogens (primary N) is 1. The number of aromatic nitrogens is 4. The van der Waals surface area contributed by atoms with Crippen LogP contribution in [0.15, 0.2) is 36.7 Å². The van der Waals surface area contributed by atoms with Gasteiger partial charge in [-0.1, -0.05) is 36.3 Å². The first kappa shape index (κ1) is 26.9. The minimum absolute atomic E-state index is 0.0371. The summed E-state index contributed by atoms with van der Waals surface area (Å²) in [4.78, 5) is 36.5. The molecule has 3 aromatic rings. The number of benzene rings is 1. The molecule has 1 unspecified atom stereocenters. The van der Waals surface area contributed by atoms with Crippen LogP contribution in [0.5, 0.6) is 0 Å². The van der Waals surface area contributed by atoms with Crippen molar-refractivity contribution in [2.24, 2.45) is 0 Å². The molecule has 7 N–H and O–H groups in total. The molecule has 2 aromatic heterocycles. The molecule has 3 heterocycles. The van der Waals surface area contributed by atoms with Crippen LogP contribution in [-0.4, -0.2) is 87.0 Å². The van der Waals surface area contributed by atoms with Gasteiger partial charge in [0.2, 0.25) is 0 Å². The van der Waals surface area contributed by atoms with Crippen LogP contribution in [0, 0.1) is 12.3 Å². The Hall–Kier alpha value is -4.13. The summed E-state index contributed by atoms with van der Waals surface area (Å²) < 4.78 is 12.4. The summed E-state index contributed by atoms with van der Waals surface area (Å²) in [5, 5.41) is 51.6. The molecular formula is C24H25N5O9. The molecule has 0 radical (unpaired) electrons. The molecule has 0 bridgehead atoms. The first-order valence-electron chi connectivity index (χ1n) is 11.3. The van der Waals surface area contributed by atoms with Crippen molar-refractivity contribution in [1.29, 1.82) is 0 Å². The molecule has 0 spiro atoms. The molecule has 1 fully saturated rings. The number of aliphatic hydroxyl groups is 3. The molecule has 1 aliphatic heterocycles. The molecule has 1 aliphatic rings. The molecule has 0 saturated carbocycles. The third-order valence-electron chi connectivity index (χ3n) is 6.33. The molecule has 14 nitrogen and oxygen atoms in total. The number of carboxylic acids is 2. The lowest BCUT2D eigenvalue weighted by Crippen LogP contribution is -2.55. The Morgan fingerprint density at radius 2 is 1.95 bits per heavy atom. The Labute approximate surface area is 215 Å². The van der Waals surface area contributed by atoms with Gasteiger partial charge < -0.3 is 40.7 Å². The Bertz CT molecular complexity index is 1390. The lowest BCUT2D eigenvalue weighted by Gasteiger charge is -2.30. The number of nitrogen functional groups attached to an aromatic ring is 1. The van der Waals surface area contributed by atoms with Crippen molar-refractivity contribution < 1.29 is 44.6 Å². The Morgan fingerprint density at radius 1 is 1.29 bits per heavy atom. The number of carboxylic acid groups (broad SMARTS) is 2. The molecule has 0 aliphatic carbocycles. The van der Waals surface area contributed by atoms with Crippen LogP contribution in [-0.2, 0) is 25.5 Å². The number of terminal acetylenes is 1. The highest BCUT2D eigenvalue weighted by molar-refractivity contribution is 6.02. The van der Waals surface area contributed by atoms with Crippen LogP contribution in [0.4, 0.5) is 5.82 Å². The lowest BCUT2D eigenvalue weighted by atomic mass is 9.92. The standard InChI is InChI=1S/C24H25N5O9/c1-3-23(36)14(10-37-24(21(32)33,22(34)35)9-13-7-5-4-6-8-13)38-20(16(23)31)29-11-26-15-17(25)27-18(12(2)30)28-19(15)29/h1,4-8,11-12,14,16,20,30-31,36H,9-10H2,2H3,(H,32,33)(H,34,35)(H2,25,27,28)/t12?,14-,16+,20-,23-/m1/s1. The van der Waals surface area contributed by atoms with Crippen molar-refractivity contribution in [1.82, 2.24) is 19.5 Å². The minimum atomic E-state index is -2.75. The van der Waals surface area contributed by atoms with E-state index in [4.69, 9.17) is 21.6 Å². The zero-order chi connectivity index (χ0) is 27.8. The summed E-state index contributed by atoms with van der Waals surface area (Å²) in [5.74, 6) is -1.63. The number of hydrogen-bond donors (Lipinski definition) is 6. The second kappa shape index (κ2) is 9.97. The van der Waals surface area contributed by atoms with Gasteiger partial charge >= 0.3 is 11.9 Å². The highest BCUT2D eigenvalue weighted by Gasteiger charge is 2.57. The molecule has 5 atom stereocenters. The average Bonchev–Trinajstić information content (AvgIpc) is 3.41. The summed E-state index contributed by atoms with van der Waals surface area (Å²) in [6, 6.07) is 7.96. The van der Waals surface area contributed by atoms with E-state index in [1.807, 2.05) is 5.92 Å². The predicted octanol–water partition coefficient (Wildman–Crippen LogP) is -0.748. The largest absolute Gasteiger partial charge is 0.479 e. The van der Waals surface area contributed by atoms with Gasteiger partial charge in [0.1, 0.15) is 23.8 Å². The van der Waals surface area contributed by atoms with E-state index in [2.05, 4.69) is 15.0 Å². The summed E-state index contributed by atoms with van der Waals surface area (Å²) in [5.41, 5.74) is 1.26. The number of carbonyl (C=O) groups is 2. The van der Waals surface area contributed by atoms with Gasteiger partial charge in [0.25, 0.3) is 5.60 Å². The number of aliphatic carboxylic acids is 2. The van der Waals surface area contributed by atoms with Crippen LogP contribution < -0.4 is 5.73 Å². The molecule has 14 heteroatoms. The second-order valence-corrected chi connectivity index (χ2v) is 8.81. The van der Waals surface area contributed by atoms with E-state index >= 15 is 0 Å². The van der Waals surface area contributed by atoms with Crippen molar-refractivity contribution >= 4 is 28.9 Å². The van der Waals surface area contributed by atoms with Gasteiger partial charge in [-0.3, -0.25) is 4.57 Å². The van der Waals surface area contributed by atoms with Gasteiger partial charge in [0, 0.05) is 6.42 Å². The Kier molecular flexibility index (Phi) is 7.06. The van der Waals surface area contributed by atoms with Gasteiger partial charge in [-0.15, -0.1) is 6.42 Å². The van der Waals surface area contributed by atoms with Crippen molar-refractivity contribution in [3.63, 3.8) is 0 Å². The molecule has 4 rings (SSSR count). The van der Waals surface area contributed by atoms with Crippen LogP contribution >= 0.6 is 0 Å². The van der Waals surface area contributed by atoms with E-state index in [1.165, 1.54) is 30.0 Å². The maximum absolute atomic E-state index is 12.1. The molecule has 1 aromatic carbocycles. The number of rotatable bonds is 9. The van der Waals surface area contributed by atoms with E-state index < -0.39 is 60.7 Å². The number of hydrogen-bond acceptors (Lipinski definition) is 11. The summed E-state index contributed by atoms with van der Waals surface area (Å²) >= 11 is 0. The molecule has 0 amide bonds. The highest BCUT2D eigenvalue weighted by Crippen LogP contribution is 2.39. The van der Waals surface area contributed by atoms with Crippen LogP contribution in [0.1, 0.15) is 30.6 Å². The third kappa shape index (κ3) is 4.42. The van der Waals surface area contributed by atoms with Crippen LogP contribution in [0.2, 0.25) is 0 Å². The van der Waals surface area contributed by atoms with Gasteiger partial charge in [-0.25, -0.2) is 24.5 Å². The number of fused-ring (bicyclic) bond motifs is 1. The number of imidazole rings is 1. The fourth-order valence-electron chi connectivity index (χ4n) is 4.16. The topological polar surface area (TPSA) is 223 Å². The van der Waals surface area contributed by atoms with E-state index in [0.29, 0.717) is 5.56 Å². The number of ether oxygens (including phenoxy) is 2. The number of aliphatic hydroxyl groups excluding tert-OH is 2. The zero-order valence-corrected chi connectivity index (χ0v) is 20.0. The first-order chi connectivity index (χ1) is 17.9. The number of nitrogens with zero attached hydrogens (tertiary/aromatic N) is 4. The number of anilines is 1. The van der Waals surface area contributed by atoms with Crippen molar-refractivity contribution in [3.8, 4) is 12.3 Å². The monoisotopic (exact) mass is 527 g/mol. The van der Waals surface area contributed by atoms with Gasteiger partial charge in [-0.2, -0.15) is 0 Å². The minimum Gasteiger partial charge on any atom is -0.479 e. The predicted molar refractivity (Wildman–Crippen MR) is 128 cm³/mol.